The molecular weight excluding hydrogens is 158 g/mol. The summed E-state index contributed by atoms with van der Waals surface area (Å²) in [6.45, 7) is 8.54. The van der Waals surface area contributed by atoms with E-state index in [1.54, 1.807) is 6.08 Å². The summed E-state index contributed by atoms with van der Waals surface area (Å²) in [5, 5.41) is 3.38. The van der Waals surface area contributed by atoms with Crippen LogP contribution in [0.5, 0.6) is 0 Å². The minimum atomic E-state index is 0.466. The van der Waals surface area contributed by atoms with Crippen molar-refractivity contribution in [3.8, 4) is 12.3 Å². The summed E-state index contributed by atoms with van der Waals surface area (Å²) in [5.41, 5.74) is 1.08. The fraction of sp³-hybridized carbons (Fsp3) is 0.500. The van der Waals surface area contributed by atoms with E-state index in [4.69, 9.17) is 6.42 Å². The Morgan fingerprint density at radius 2 is 2.00 bits per heavy atom. The Morgan fingerprint density at radius 1 is 1.38 bits per heavy atom. The van der Waals surface area contributed by atoms with Gasteiger partial charge in [-0.3, -0.25) is 0 Å². The third kappa shape index (κ3) is 5.14. The maximum atomic E-state index is 5.13. The first-order chi connectivity index (χ1) is 6.11. The van der Waals surface area contributed by atoms with E-state index in [1.165, 1.54) is 0 Å². The van der Waals surface area contributed by atoms with Crippen LogP contribution in [-0.4, -0.2) is 6.04 Å². The maximum absolute atomic E-state index is 5.13. The number of hydrogen-bond acceptors (Lipinski definition) is 1. The van der Waals surface area contributed by atoms with E-state index in [1.807, 2.05) is 19.1 Å². The van der Waals surface area contributed by atoms with E-state index in [2.05, 4.69) is 32.0 Å². The van der Waals surface area contributed by atoms with Crippen molar-refractivity contribution in [2.24, 2.45) is 5.92 Å². The normalized spacial score (nSPS) is 14.6. The lowest BCUT2D eigenvalue weighted by Gasteiger charge is -2.19. The molecule has 1 nitrogen and oxygen atoms in total. The van der Waals surface area contributed by atoms with E-state index < -0.39 is 0 Å². The second-order valence-electron chi connectivity index (χ2n) is 3.42. The molecule has 0 heterocycles. The minimum absolute atomic E-state index is 0.466. The summed E-state index contributed by atoms with van der Waals surface area (Å²) in [5.74, 6) is 3.09. The van der Waals surface area contributed by atoms with Crippen LogP contribution in [0, 0.1) is 18.3 Å². The largest absolute Gasteiger partial charge is 0.383 e. The lowest BCUT2D eigenvalue weighted by molar-refractivity contribution is 0.465. The van der Waals surface area contributed by atoms with Gasteiger partial charge in [-0.25, -0.2) is 0 Å². The number of terminal acetylenes is 1. The quantitative estimate of drug-likeness (QED) is 0.514. The molecule has 0 aromatic rings. The standard InChI is InChI=1S/C12H19N/c1-6-8-9-12(7-2)13-11(5)10(3)4/h1,7-11,13H,2-5H3/b9-8-,12-7+. The molecule has 0 aromatic carbocycles. The van der Waals surface area contributed by atoms with Gasteiger partial charge in [-0.2, -0.15) is 0 Å². The van der Waals surface area contributed by atoms with E-state index >= 15 is 0 Å². The van der Waals surface area contributed by atoms with Crippen LogP contribution < -0.4 is 5.32 Å². The molecule has 0 aliphatic heterocycles. The summed E-state index contributed by atoms with van der Waals surface area (Å²) >= 11 is 0. The topological polar surface area (TPSA) is 12.0 Å². The zero-order valence-electron chi connectivity index (χ0n) is 8.96. The van der Waals surface area contributed by atoms with Crippen molar-refractivity contribution in [2.45, 2.75) is 33.7 Å². The van der Waals surface area contributed by atoms with Crippen molar-refractivity contribution in [2.75, 3.05) is 0 Å². The average molecular weight is 177 g/mol. The van der Waals surface area contributed by atoms with Gasteiger partial charge in [0.1, 0.15) is 0 Å². The zero-order chi connectivity index (χ0) is 10.3. The highest BCUT2D eigenvalue weighted by molar-refractivity contribution is 5.23. The van der Waals surface area contributed by atoms with Crippen molar-refractivity contribution >= 4 is 0 Å². The minimum Gasteiger partial charge on any atom is -0.383 e. The van der Waals surface area contributed by atoms with Crippen molar-refractivity contribution in [1.82, 2.24) is 5.32 Å². The molecule has 0 aliphatic carbocycles. The molecule has 0 aliphatic rings. The van der Waals surface area contributed by atoms with Gasteiger partial charge in [0.15, 0.2) is 0 Å². The van der Waals surface area contributed by atoms with Crippen molar-refractivity contribution in [3.05, 3.63) is 23.9 Å². The predicted molar refractivity (Wildman–Crippen MR) is 59.2 cm³/mol. The molecule has 13 heavy (non-hydrogen) atoms. The SMILES string of the molecule is C#C/C=C\C(=C/C)NC(C)C(C)C. The van der Waals surface area contributed by atoms with Gasteiger partial charge in [-0.15, -0.1) is 6.42 Å². The van der Waals surface area contributed by atoms with E-state index in [9.17, 15) is 0 Å². The molecule has 0 amide bonds. The van der Waals surface area contributed by atoms with E-state index in [-0.39, 0.29) is 0 Å². The molecular formula is C12H19N. The van der Waals surface area contributed by atoms with Crippen LogP contribution in [0.2, 0.25) is 0 Å². The fourth-order valence-corrected chi connectivity index (χ4v) is 0.795. The van der Waals surface area contributed by atoms with Crippen LogP contribution in [0.25, 0.3) is 0 Å². The lowest BCUT2D eigenvalue weighted by atomic mass is 10.1. The van der Waals surface area contributed by atoms with Gasteiger partial charge < -0.3 is 5.32 Å². The Morgan fingerprint density at radius 3 is 2.38 bits per heavy atom. The Hall–Kier alpha value is -1.16. The fourth-order valence-electron chi connectivity index (χ4n) is 0.795. The Kier molecular flexibility index (Phi) is 5.80. The Bertz CT molecular complexity index is 228. The maximum Gasteiger partial charge on any atom is 0.0305 e. The molecule has 1 atom stereocenters. The predicted octanol–water partition coefficient (Wildman–Crippen LogP) is 2.71. The second-order valence-corrected chi connectivity index (χ2v) is 3.42. The van der Waals surface area contributed by atoms with Crippen molar-refractivity contribution in [3.63, 3.8) is 0 Å². The van der Waals surface area contributed by atoms with Gasteiger partial charge in [0.2, 0.25) is 0 Å². The number of hydrogen-bond donors (Lipinski definition) is 1. The van der Waals surface area contributed by atoms with Crippen molar-refractivity contribution in [1.29, 1.82) is 0 Å². The molecule has 0 rings (SSSR count). The van der Waals surface area contributed by atoms with Gasteiger partial charge >= 0.3 is 0 Å². The molecule has 1 N–H and O–H groups in total. The summed E-state index contributed by atoms with van der Waals surface area (Å²) in [7, 11) is 0. The second kappa shape index (κ2) is 6.37. The lowest BCUT2D eigenvalue weighted by Crippen LogP contribution is -2.29. The summed E-state index contributed by atoms with van der Waals surface area (Å²) in [6, 6.07) is 0.466. The zero-order valence-corrected chi connectivity index (χ0v) is 8.96. The van der Waals surface area contributed by atoms with Gasteiger partial charge in [0.25, 0.3) is 0 Å². The Balaban J connectivity index is 4.17. The first-order valence-electron chi connectivity index (χ1n) is 4.67. The van der Waals surface area contributed by atoms with Crippen LogP contribution in [0.1, 0.15) is 27.7 Å². The molecule has 0 radical (unpaired) electrons. The molecule has 1 unspecified atom stereocenters. The number of rotatable bonds is 4. The highest BCUT2D eigenvalue weighted by atomic mass is 14.9. The highest BCUT2D eigenvalue weighted by Gasteiger charge is 2.05. The summed E-state index contributed by atoms with van der Waals surface area (Å²) in [6.07, 6.45) is 10.8. The Labute approximate surface area is 81.9 Å². The molecule has 0 aromatic heterocycles. The highest BCUT2D eigenvalue weighted by Crippen LogP contribution is 2.03. The molecule has 1 heteroatoms. The van der Waals surface area contributed by atoms with Gasteiger partial charge in [0.05, 0.1) is 0 Å². The van der Waals surface area contributed by atoms with Crippen LogP contribution in [0.3, 0.4) is 0 Å². The summed E-state index contributed by atoms with van der Waals surface area (Å²) < 4.78 is 0. The van der Waals surface area contributed by atoms with Gasteiger partial charge in [0, 0.05) is 11.7 Å². The molecule has 0 fully saturated rings. The average Bonchev–Trinajstić information content (AvgIpc) is 2.11. The molecule has 72 valence electrons. The molecule has 0 saturated carbocycles. The first kappa shape index (κ1) is 11.8. The first-order valence-corrected chi connectivity index (χ1v) is 4.67. The van der Waals surface area contributed by atoms with Crippen LogP contribution >= 0.6 is 0 Å². The van der Waals surface area contributed by atoms with Crippen LogP contribution in [-0.2, 0) is 0 Å². The van der Waals surface area contributed by atoms with E-state index in [0.29, 0.717) is 12.0 Å². The van der Waals surface area contributed by atoms with Gasteiger partial charge in [-0.05, 0) is 31.9 Å². The summed E-state index contributed by atoms with van der Waals surface area (Å²) in [4.78, 5) is 0. The molecule has 0 bridgehead atoms. The van der Waals surface area contributed by atoms with Crippen LogP contribution in [0.15, 0.2) is 23.9 Å². The smallest absolute Gasteiger partial charge is 0.0305 e. The monoisotopic (exact) mass is 177 g/mol. The van der Waals surface area contributed by atoms with E-state index in [0.717, 1.165) is 5.70 Å². The van der Waals surface area contributed by atoms with Crippen molar-refractivity contribution < 1.29 is 0 Å². The number of nitrogens with one attached hydrogen (secondary N) is 1. The molecule has 0 saturated heterocycles. The molecule has 0 spiro atoms. The van der Waals surface area contributed by atoms with Gasteiger partial charge in [-0.1, -0.05) is 25.8 Å². The third-order valence-corrected chi connectivity index (χ3v) is 2.06. The third-order valence-electron chi connectivity index (χ3n) is 2.06. The number of allylic oxidation sites excluding steroid dienone is 3. The van der Waals surface area contributed by atoms with Crippen LogP contribution in [0.4, 0.5) is 0 Å².